The van der Waals surface area contributed by atoms with E-state index in [1.165, 1.54) is 36.3 Å². The van der Waals surface area contributed by atoms with Gasteiger partial charge in [0.15, 0.2) is 5.17 Å². The number of benzene rings is 1. The maximum atomic E-state index is 14.9. The molecule has 1 amide bonds. The number of rotatable bonds is 8. The fraction of sp³-hybridized carbons (Fsp3) is 0.429. The molecule has 32 heavy (non-hydrogen) atoms. The maximum absolute atomic E-state index is 14.9. The van der Waals surface area contributed by atoms with Gasteiger partial charge in [-0.05, 0) is 31.5 Å². The summed E-state index contributed by atoms with van der Waals surface area (Å²) in [6.45, 7) is 1.55. The fourth-order valence-electron chi connectivity index (χ4n) is 4.17. The van der Waals surface area contributed by atoms with E-state index in [9.17, 15) is 13.6 Å². The SMILES string of the molecule is COC[C@]12C[C@H]1[C@@](C)(c1cc(NC(=O)c3cnc(OCCF)cn3)ccc1F)N=C(N)S2. The molecule has 1 fully saturated rings. The lowest BCUT2D eigenvalue weighted by Crippen LogP contribution is -2.37. The van der Waals surface area contributed by atoms with Crippen LogP contribution in [0.2, 0.25) is 0 Å². The number of anilines is 1. The lowest BCUT2D eigenvalue weighted by atomic mass is 9.85. The minimum atomic E-state index is -0.881. The summed E-state index contributed by atoms with van der Waals surface area (Å²) < 4.78 is 37.2. The van der Waals surface area contributed by atoms with Crippen LogP contribution in [0.15, 0.2) is 35.6 Å². The molecule has 4 rings (SSSR count). The third-order valence-corrected chi connectivity index (χ3v) is 6.98. The summed E-state index contributed by atoms with van der Waals surface area (Å²) >= 11 is 1.47. The van der Waals surface area contributed by atoms with Crippen molar-refractivity contribution in [2.45, 2.75) is 23.6 Å². The van der Waals surface area contributed by atoms with Crippen molar-refractivity contribution in [3.05, 3.63) is 47.7 Å². The number of halogens is 2. The summed E-state index contributed by atoms with van der Waals surface area (Å²) in [5, 5.41) is 3.09. The second-order valence-corrected chi connectivity index (χ2v) is 9.32. The quantitative estimate of drug-likeness (QED) is 0.619. The van der Waals surface area contributed by atoms with Crippen LogP contribution in [0.5, 0.6) is 5.88 Å². The van der Waals surface area contributed by atoms with Crippen LogP contribution >= 0.6 is 11.8 Å². The number of aliphatic imine (C=N–C) groups is 1. The van der Waals surface area contributed by atoms with E-state index in [0.717, 1.165) is 6.42 Å². The van der Waals surface area contributed by atoms with Crippen molar-refractivity contribution in [3.63, 3.8) is 0 Å². The molecule has 0 bridgehead atoms. The maximum Gasteiger partial charge on any atom is 0.275 e. The van der Waals surface area contributed by atoms with E-state index in [2.05, 4.69) is 20.3 Å². The zero-order valence-electron chi connectivity index (χ0n) is 17.6. The topological polar surface area (TPSA) is 112 Å². The number of ether oxygens (including phenoxy) is 2. The van der Waals surface area contributed by atoms with E-state index in [4.69, 9.17) is 15.2 Å². The van der Waals surface area contributed by atoms with Crippen LogP contribution in [0.1, 0.15) is 29.4 Å². The molecule has 0 unspecified atom stereocenters. The molecule has 1 aliphatic heterocycles. The lowest BCUT2D eigenvalue weighted by Gasteiger charge is -2.34. The third-order valence-electron chi connectivity index (χ3n) is 5.70. The number of amides is 1. The summed E-state index contributed by atoms with van der Waals surface area (Å²) in [6.07, 6.45) is 3.26. The van der Waals surface area contributed by atoms with Crippen molar-refractivity contribution in [1.29, 1.82) is 0 Å². The first-order valence-electron chi connectivity index (χ1n) is 9.97. The van der Waals surface area contributed by atoms with Gasteiger partial charge in [0.05, 0.1) is 29.3 Å². The lowest BCUT2D eigenvalue weighted by molar-refractivity contribution is 0.102. The molecule has 0 spiro atoms. The summed E-state index contributed by atoms with van der Waals surface area (Å²) in [4.78, 5) is 25.1. The van der Waals surface area contributed by atoms with Crippen molar-refractivity contribution < 1.29 is 23.0 Å². The van der Waals surface area contributed by atoms with Crippen LogP contribution in [0.3, 0.4) is 0 Å². The number of methoxy groups -OCH3 is 1. The van der Waals surface area contributed by atoms with Gasteiger partial charge in [-0.3, -0.25) is 9.79 Å². The van der Waals surface area contributed by atoms with Crippen molar-refractivity contribution in [2.24, 2.45) is 16.6 Å². The number of hydrogen-bond acceptors (Lipinski definition) is 8. The molecule has 1 aromatic heterocycles. The van der Waals surface area contributed by atoms with Gasteiger partial charge in [0.25, 0.3) is 5.91 Å². The molecule has 8 nitrogen and oxygen atoms in total. The Morgan fingerprint density at radius 3 is 2.88 bits per heavy atom. The zero-order valence-corrected chi connectivity index (χ0v) is 18.4. The third kappa shape index (κ3) is 4.14. The van der Waals surface area contributed by atoms with Crippen LogP contribution in [-0.2, 0) is 10.3 Å². The van der Waals surface area contributed by atoms with Crippen LogP contribution in [0.25, 0.3) is 0 Å². The van der Waals surface area contributed by atoms with Gasteiger partial charge in [-0.15, -0.1) is 0 Å². The van der Waals surface area contributed by atoms with Crippen molar-refractivity contribution in [3.8, 4) is 5.88 Å². The number of thioether (sulfide) groups is 1. The first-order valence-corrected chi connectivity index (χ1v) is 10.8. The van der Waals surface area contributed by atoms with Crippen LogP contribution in [0, 0.1) is 11.7 Å². The number of nitrogens with two attached hydrogens (primary N) is 1. The Balaban J connectivity index is 1.56. The van der Waals surface area contributed by atoms with Crippen molar-refractivity contribution in [2.75, 3.05) is 32.3 Å². The van der Waals surface area contributed by atoms with E-state index in [1.807, 2.05) is 6.92 Å². The van der Waals surface area contributed by atoms with Gasteiger partial charge in [0.1, 0.15) is 24.8 Å². The second kappa shape index (κ2) is 8.62. The Morgan fingerprint density at radius 2 is 2.19 bits per heavy atom. The molecule has 1 aliphatic carbocycles. The first-order chi connectivity index (χ1) is 15.3. The molecule has 2 heterocycles. The van der Waals surface area contributed by atoms with Crippen LogP contribution in [0.4, 0.5) is 14.5 Å². The monoisotopic (exact) mass is 463 g/mol. The van der Waals surface area contributed by atoms with Crippen molar-refractivity contribution >= 4 is 28.5 Å². The number of amidine groups is 1. The number of carbonyl (C=O) groups excluding carboxylic acids is 1. The smallest absolute Gasteiger partial charge is 0.275 e. The number of aromatic nitrogens is 2. The molecule has 1 saturated carbocycles. The molecule has 2 aromatic rings. The summed E-state index contributed by atoms with van der Waals surface area (Å²) in [5.74, 6) is -0.790. The Bertz CT molecular complexity index is 1050. The molecule has 11 heteroatoms. The van der Waals surface area contributed by atoms with Crippen molar-refractivity contribution in [1.82, 2.24) is 9.97 Å². The largest absolute Gasteiger partial charge is 0.474 e. The minimum Gasteiger partial charge on any atom is -0.474 e. The van der Waals surface area contributed by atoms with Gasteiger partial charge in [-0.1, -0.05) is 11.8 Å². The second-order valence-electron chi connectivity index (χ2n) is 7.88. The van der Waals surface area contributed by atoms with Gasteiger partial charge in [0.2, 0.25) is 5.88 Å². The molecular weight excluding hydrogens is 440 g/mol. The summed E-state index contributed by atoms with van der Waals surface area (Å²) in [6, 6.07) is 4.33. The highest BCUT2D eigenvalue weighted by Crippen LogP contribution is 2.66. The van der Waals surface area contributed by atoms with Gasteiger partial charge in [-0.25, -0.2) is 18.7 Å². The molecule has 0 radical (unpaired) electrons. The minimum absolute atomic E-state index is 0.0346. The molecule has 3 N–H and O–H groups in total. The van der Waals surface area contributed by atoms with E-state index >= 15 is 0 Å². The van der Waals surface area contributed by atoms with E-state index < -0.39 is 23.9 Å². The van der Waals surface area contributed by atoms with Gasteiger partial charge >= 0.3 is 0 Å². The number of alkyl halides is 1. The molecule has 170 valence electrons. The average Bonchev–Trinajstić information content (AvgIpc) is 3.49. The number of hydrogen-bond donors (Lipinski definition) is 2. The first kappa shape index (κ1) is 22.4. The standard InChI is InChI=1S/C21H23F2N5O3S/c1-20(16-8-21(16,11-30-2)32-19(24)28-20)13-7-12(3-4-14(13)23)27-18(29)15-9-26-17(10-25-15)31-6-5-22/h3-4,7,9-10,16H,5-6,8,11H2,1-2H3,(H2,24,28)(H,27,29)/t16-,20+,21+/m0/s1. The highest BCUT2D eigenvalue weighted by atomic mass is 32.2. The number of nitrogens with one attached hydrogen (secondary N) is 1. The van der Waals surface area contributed by atoms with Gasteiger partial charge in [0, 0.05) is 24.3 Å². The molecule has 2 aliphatic rings. The van der Waals surface area contributed by atoms with Gasteiger partial charge < -0.3 is 20.5 Å². The van der Waals surface area contributed by atoms with Gasteiger partial charge in [-0.2, -0.15) is 0 Å². The van der Waals surface area contributed by atoms with Crippen LogP contribution in [-0.4, -0.2) is 52.8 Å². The number of fused-ring (bicyclic) bond motifs is 1. The highest BCUT2D eigenvalue weighted by molar-refractivity contribution is 8.15. The predicted octanol–water partition coefficient (Wildman–Crippen LogP) is 2.90. The summed E-state index contributed by atoms with van der Waals surface area (Å²) in [7, 11) is 1.63. The Labute approximate surface area is 188 Å². The Morgan fingerprint density at radius 1 is 1.38 bits per heavy atom. The molecule has 3 atom stereocenters. The number of carbonyl (C=O) groups is 1. The Hall–Kier alpha value is -2.79. The zero-order chi connectivity index (χ0) is 22.9. The molecular formula is C21H23F2N5O3S. The Kier molecular flexibility index (Phi) is 6.04. The average molecular weight is 464 g/mol. The van der Waals surface area contributed by atoms with E-state index in [0.29, 0.717) is 23.0 Å². The predicted molar refractivity (Wildman–Crippen MR) is 117 cm³/mol. The van der Waals surface area contributed by atoms with Crippen LogP contribution < -0.4 is 15.8 Å². The van der Waals surface area contributed by atoms with E-state index in [1.54, 1.807) is 13.2 Å². The van der Waals surface area contributed by atoms with E-state index in [-0.39, 0.29) is 28.8 Å². The molecule has 1 aromatic carbocycles. The highest BCUT2D eigenvalue weighted by Gasteiger charge is 2.66. The summed E-state index contributed by atoms with van der Waals surface area (Å²) in [5.41, 5.74) is 5.98. The number of nitrogens with zero attached hydrogens (tertiary/aromatic N) is 3. The molecule has 0 saturated heterocycles. The fourth-order valence-corrected chi connectivity index (χ4v) is 5.62. The normalized spacial score (nSPS) is 26.1.